The number of esters is 1. The molecule has 0 unspecified atom stereocenters. The van der Waals surface area contributed by atoms with E-state index in [1.165, 1.54) is 20.5 Å². The Morgan fingerprint density at radius 1 is 1.16 bits per heavy atom. The average Bonchev–Trinajstić information content (AvgIpc) is 2.79. The molecule has 0 saturated carbocycles. The van der Waals surface area contributed by atoms with Crippen LogP contribution >= 0.6 is 15.9 Å². The molecule has 0 amide bonds. The molecule has 0 fully saturated rings. The first-order valence-corrected chi connectivity index (χ1v) is 10.2. The summed E-state index contributed by atoms with van der Waals surface area (Å²) in [6.45, 7) is 6.42. The van der Waals surface area contributed by atoms with Crippen molar-refractivity contribution in [2.24, 2.45) is 5.16 Å². The highest BCUT2D eigenvalue weighted by atomic mass is 79.9. The zero-order chi connectivity index (χ0) is 22.6. The summed E-state index contributed by atoms with van der Waals surface area (Å²) in [5, 5.41) is 4.14. The van der Waals surface area contributed by atoms with Gasteiger partial charge >= 0.3 is 5.97 Å². The topological polar surface area (TPSA) is 78.4 Å². The van der Waals surface area contributed by atoms with Crippen LogP contribution in [0.2, 0.25) is 0 Å². The molecule has 0 aliphatic heterocycles. The maximum atomic E-state index is 12.1. The number of rotatable bonds is 11. The molecule has 0 saturated heterocycles. The maximum Gasteiger partial charge on any atom is 0.341 e. The van der Waals surface area contributed by atoms with Crippen molar-refractivity contribution in [3.63, 3.8) is 0 Å². The number of halogens is 1. The lowest BCUT2D eigenvalue weighted by Crippen LogP contribution is -2.21. The minimum absolute atomic E-state index is 0.148. The summed E-state index contributed by atoms with van der Waals surface area (Å²) < 4.78 is 10.8. The molecule has 0 radical (unpaired) electrons. The van der Waals surface area contributed by atoms with E-state index in [2.05, 4.69) is 33.1 Å². The Hall–Kier alpha value is -3.10. The summed E-state index contributed by atoms with van der Waals surface area (Å²) in [5.41, 5.74) is 6.24. The number of hydrogen-bond acceptors (Lipinski definition) is 7. The fourth-order valence-corrected chi connectivity index (χ4v) is 2.89. The van der Waals surface area contributed by atoms with Gasteiger partial charge in [0.05, 0.1) is 26.2 Å². The van der Waals surface area contributed by atoms with Crippen LogP contribution in [0.5, 0.6) is 0 Å². The molecule has 31 heavy (non-hydrogen) atoms. The van der Waals surface area contributed by atoms with Crippen molar-refractivity contribution in [3.8, 4) is 0 Å². The lowest BCUT2D eigenvalue weighted by atomic mass is 10.0. The third-order valence-electron chi connectivity index (χ3n) is 4.06. The van der Waals surface area contributed by atoms with Crippen molar-refractivity contribution in [1.29, 1.82) is 0 Å². The number of ether oxygens (including phenoxy) is 2. The largest absolute Gasteiger partial charge is 0.503 e. The van der Waals surface area contributed by atoms with E-state index in [4.69, 9.17) is 19.1 Å². The smallest absolute Gasteiger partial charge is 0.341 e. The van der Waals surface area contributed by atoms with Gasteiger partial charge in [0.2, 0.25) is 0 Å². The van der Waals surface area contributed by atoms with E-state index in [1.54, 1.807) is 6.07 Å². The fraction of sp³-hybridized carbons (Fsp3) is 0.217. The van der Waals surface area contributed by atoms with Crippen LogP contribution in [0, 0.1) is 0 Å². The van der Waals surface area contributed by atoms with Gasteiger partial charge in [0, 0.05) is 10.0 Å². The molecule has 0 aliphatic carbocycles. The van der Waals surface area contributed by atoms with Crippen molar-refractivity contribution in [1.82, 2.24) is 5.48 Å². The van der Waals surface area contributed by atoms with Crippen molar-refractivity contribution >= 4 is 33.2 Å². The van der Waals surface area contributed by atoms with Crippen LogP contribution in [0.4, 0.5) is 0 Å². The first-order valence-electron chi connectivity index (χ1n) is 9.44. The van der Waals surface area contributed by atoms with Crippen molar-refractivity contribution in [3.05, 3.63) is 88.2 Å². The summed E-state index contributed by atoms with van der Waals surface area (Å²) in [7, 11) is 2.78. The number of nitrogens with zero attached hydrogens (tertiary/aromatic N) is 1. The van der Waals surface area contributed by atoms with Gasteiger partial charge in [-0.05, 0) is 30.2 Å². The van der Waals surface area contributed by atoms with E-state index in [-0.39, 0.29) is 12.2 Å². The van der Waals surface area contributed by atoms with Crippen LogP contribution in [-0.4, -0.2) is 32.5 Å². The Morgan fingerprint density at radius 2 is 1.87 bits per heavy atom. The molecule has 164 valence electrons. The summed E-state index contributed by atoms with van der Waals surface area (Å²) in [6, 6.07) is 14.9. The number of benzene rings is 2. The van der Waals surface area contributed by atoms with Crippen LogP contribution in [0.25, 0.3) is 5.57 Å². The molecule has 0 aliphatic rings. The summed E-state index contributed by atoms with van der Waals surface area (Å²) in [5.74, 6) is -0.506. The number of carbonyl (C=O) groups is 1. The molecule has 1 N–H and O–H groups in total. The third-order valence-corrected chi connectivity index (χ3v) is 4.59. The van der Waals surface area contributed by atoms with Crippen molar-refractivity contribution in [2.45, 2.75) is 13.5 Å². The molecule has 7 nitrogen and oxygen atoms in total. The van der Waals surface area contributed by atoms with Gasteiger partial charge in [0.25, 0.3) is 0 Å². The highest BCUT2D eigenvalue weighted by Crippen LogP contribution is 2.22. The highest BCUT2D eigenvalue weighted by Gasteiger charge is 2.17. The third kappa shape index (κ3) is 6.97. The van der Waals surface area contributed by atoms with Crippen molar-refractivity contribution in [2.75, 3.05) is 20.8 Å². The Balaban J connectivity index is 2.15. The van der Waals surface area contributed by atoms with E-state index < -0.39 is 5.97 Å². The average molecular weight is 489 g/mol. The van der Waals surface area contributed by atoms with E-state index in [0.717, 1.165) is 15.6 Å². The first kappa shape index (κ1) is 24.2. The number of carbonyl (C=O) groups excluding carboxylic acids is 1. The molecule has 2 rings (SSSR count). The van der Waals surface area contributed by atoms with Gasteiger partial charge in [0.15, 0.2) is 0 Å². The molecular formula is C23H25BrN2O5. The second-order valence-corrected chi connectivity index (χ2v) is 7.07. The normalized spacial score (nSPS) is 11.6. The van der Waals surface area contributed by atoms with Crippen LogP contribution < -0.4 is 5.48 Å². The van der Waals surface area contributed by atoms with Crippen LogP contribution in [0.1, 0.15) is 23.6 Å². The molecule has 0 aromatic heterocycles. The van der Waals surface area contributed by atoms with Gasteiger partial charge in [-0.25, -0.2) is 4.79 Å². The van der Waals surface area contributed by atoms with E-state index >= 15 is 0 Å². The van der Waals surface area contributed by atoms with E-state index in [9.17, 15) is 4.79 Å². The van der Waals surface area contributed by atoms with Crippen LogP contribution in [0.15, 0.2) is 76.7 Å². The van der Waals surface area contributed by atoms with Gasteiger partial charge in [-0.2, -0.15) is 0 Å². The zero-order valence-electron chi connectivity index (χ0n) is 17.7. The lowest BCUT2D eigenvalue weighted by Gasteiger charge is -2.15. The Bertz CT molecular complexity index is 955. The Labute approximate surface area is 190 Å². The van der Waals surface area contributed by atoms with E-state index in [1.807, 2.05) is 49.4 Å². The SMILES string of the molecule is C=C(NOCc1ccccc1C(=COC)C(=O)OC)C(=NOCC)c1ccc(Br)cc1. The number of nitrogens with one attached hydrogen (secondary N) is 1. The van der Waals surface area contributed by atoms with Crippen LogP contribution in [0.3, 0.4) is 0 Å². The number of hydroxylamine groups is 1. The molecule has 0 spiro atoms. The molecule has 8 heteroatoms. The monoisotopic (exact) mass is 488 g/mol. The number of oxime groups is 1. The molecule has 2 aromatic rings. The second-order valence-electron chi connectivity index (χ2n) is 6.15. The predicted octanol–water partition coefficient (Wildman–Crippen LogP) is 4.59. The predicted molar refractivity (Wildman–Crippen MR) is 123 cm³/mol. The molecule has 0 bridgehead atoms. The summed E-state index contributed by atoms with van der Waals surface area (Å²) in [4.78, 5) is 23.0. The molecule has 0 atom stereocenters. The van der Waals surface area contributed by atoms with Gasteiger partial charge in [0.1, 0.15) is 24.5 Å². The Kier molecular flexibility index (Phi) is 9.80. The standard InChI is InChI=1S/C23H25BrN2O5/c1-5-30-26-22(17-10-12-19(24)13-11-17)16(2)25-31-14-18-8-6-7-9-20(18)21(15-28-3)23(27)29-4/h6-13,15,25H,2,5,14H2,1,3-4H3. The highest BCUT2D eigenvalue weighted by molar-refractivity contribution is 9.10. The Morgan fingerprint density at radius 3 is 2.52 bits per heavy atom. The minimum atomic E-state index is -0.506. The second kappa shape index (κ2) is 12.6. The molecule has 0 heterocycles. The van der Waals surface area contributed by atoms with E-state index in [0.29, 0.717) is 23.6 Å². The molecule has 2 aromatic carbocycles. The van der Waals surface area contributed by atoms with Gasteiger partial charge in [-0.15, -0.1) is 0 Å². The quantitative estimate of drug-likeness (QED) is 0.164. The number of methoxy groups -OCH3 is 2. The minimum Gasteiger partial charge on any atom is -0.503 e. The maximum absolute atomic E-state index is 12.1. The van der Waals surface area contributed by atoms with Gasteiger partial charge in [-0.3, -0.25) is 10.3 Å². The first-order chi connectivity index (χ1) is 15.0. The van der Waals surface area contributed by atoms with Gasteiger partial charge < -0.3 is 14.3 Å². The van der Waals surface area contributed by atoms with Crippen molar-refractivity contribution < 1.29 is 23.9 Å². The summed E-state index contributed by atoms with van der Waals surface area (Å²) in [6.07, 6.45) is 1.34. The lowest BCUT2D eigenvalue weighted by molar-refractivity contribution is -0.133. The van der Waals surface area contributed by atoms with Gasteiger partial charge in [-0.1, -0.05) is 64.1 Å². The van der Waals surface area contributed by atoms with Crippen LogP contribution in [-0.2, 0) is 30.6 Å². The summed E-state index contributed by atoms with van der Waals surface area (Å²) >= 11 is 3.42. The fourth-order valence-electron chi connectivity index (χ4n) is 2.63. The number of hydrogen-bond donors (Lipinski definition) is 1. The number of allylic oxidation sites excluding steroid dienone is 1. The zero-order valence-corrected chi connectivity index (χ0v) is 19.3. The molecular weight excluding hydrogens is 464 g/mol.